The van der Waals surface area contributed by atoms with Gasteiger partial charge in [0.05, 0.1) is 22.7 Å². The maximum absolute atomic E-state index is 13.0. The lowest BCUT2D eigenvalue weighted by Gasteiger charge is -2.18. The summed E-state index contributed by atoms with van der Waals surface area (Å²) in [5.41, 5.74) is -0.141. The lowest BCUT2D eigenvalue weighted by molar-refractivity contribution is -0.117. The summed E-state index contributed by atoms with van der Waals surface area (Å²) in [7, 11) is -2.82. The van der Waals surface area contributed by atoms with E-state index in [4.69, 9.17) is 21.4 Å². The van der Waals surface area contributed by atoms with E-state index in [0.717, 1.165) is 30.3 Å². The predicted molar refractivity (Wildman–Crippen MR) is 104 cm³/mol. The number of aromatic carboxylic acids is 1. The molecule has 156 valence electrons. The van der Waals surface area contributed by atoms with Crippen molar-refractivity contribution in [2.45, 2.75) is 24.3 Å². The second kappa shape index (κ2) is 9.21. The van der Waals surface area contributed by atoms with Gasteiger partial charge in [0.15, 0.2) is 0 Å². The largest absolute Gasteiger partial charge is 0.496 e. The molecule has 0 radical (unpaired) electrons. The number of amides is 1. The van der Waals surface area contributed by atoms with Crippen molar-refractivity contribution in [2.75, 3.05) is 12.4 Å². The number of ether oxygens (including phenoxy) is 1. The molecule has 0 aromatic heterocycles. The van der Waals surface area contributed by atoms with Crippen LogP contribution in [0.2, 0.25) is 5.02 Å². The first-order valence-electron chi connectivity index (χ1n) is 8.28. The second-order valence-electron chi connectivity index (χ2n) is 5.86. The standard InChI is InChI=1S/C18H18ClFN2O6S/c1-3-14(22-29(26,27)11-6-4-10(20)5-7-11)17(23)21-15-9-16(28-2)12(18(24)25)8-13(15)19/h4-9,14,22H,3H2,1-2H3,(H,21,23)(H,24,25). The first-order chi connectivity index (χ1) is 13.6. The van der Waals surface area contributed by atoms with E-state index in [9.17, 15) is 22.4 Å². The lowest BCUT2D eigenvalue weighted by Crippen LogP contribution is -2.43. The van der Waals surface area contributed by atoms with Gasteiger partial charge in [0.1, 0.15) is 23.2 Å². The summed E-state index contributed by atoms with van der Waals surface area (Å²) in [5, 5.41) is 11.5. The highest BCUT2D eigenvalue weighted by atomic mass is 35.5. The molecule has 0 spiro atoms. The Hall–Kier alpha value is -2.69. The molecule has 1 amide bonds. The summed E-state index contributed by atoms with van der Waals surface area (Å²) in [5.74, 6) is -2.61. The Morgan fingerprint density at radius 3 is 2.38 bits per heavy atom. The van der Waals surface area contributed by atoms with Crippen LogP contribution < -0.4 is 14.8 Å². The van der Waals surface area contributed by atoms with Gasteiger partial charge in [0.2, 0.25) is 15.9 Å². The van der Waals surface area contributed by atoms with Gasteiger partial charge in [0, 0.05) is 6.07 Å². The Morgan fingerprint density at radius 2 is 1.86 bits per heavy atom. The van der Waals surface area contributed by atoms with Crippen LogP contribution in [-0.2, 0) is 14.8 Å². The molecule has 0 aliphatic rings. The summed E-state index contributed by atoms with van der Waals surface area (Å²) >= 11 is 6.03. The zero-order chi connectivity index (χ0) is 21.8. The lowest BCUT2D eigenvalue weighted by atomic mass is 10.1. The first kappa shape index (κ1) is 22.6. The molecule has 0 bridgehead atoms. The van der Waals surface area contributed by atoms with Gasteiger partial charge < -0.3 is 15.2 Å². The number of rotatable bonds is 8. The van der Waals surface area contributed by atoms with Gasteiger partial charge in [-0.3, -0.25) is 4.79 Å². The molecule has 1 unspecified atom stereocenters. The Morgan fingerprint density at radius 1 is 1.24 bits per heavy atom. The van der Waals surface area contributed by atoms with Crippen molar-refractivity contribution >= 4 is 39.2 Å². The number of sulfonamides is 1. The van der Waals surface area contributed by atoms with Crippen LogP contribution in [0.4, 0.5) is 10.1 Å². The monoisotopic (exact) mass is 444 g/mol. The third kappa shape index (κ3) is 5.43. The summed E-state index contributed by atoms with van der Waals surface area (Å²) in [6.07, 6.45) is 0.105. The molecule has 0 saturated carbocycles. The smallest absolute Gasteiger partial charge is 0.339 e. The van der Waals surface area contributed by atoms with Crippen LogP contribution in [0.25, 0.3) is 0 Å². The summed E-state index contributed by atoms with van der Waals surface area (Å²) < 4.78 is 45.1. The minimum atomic E-state index is -4.08. The highest BCUT2D eigenvalue weighted by Gasteiger charge is 2.25. The van der Waals surface area contributed by atoms with Crippen molar-refractivity contribution in [1.29, 1.82) is 0 Å². The maximum Gasteiger partial charge on any atom is 0.339 e. The minimum absolute atomic E-state index is 0.0304. The number of carbonyl (C=O) groups excluding carboxylic acids is 1. The van der Waals surface area contributed by atoms with E-state index in [-0.39, 0.29) is 33.3 Å². The number of hydrogen-bond acceptors (Lipinski definition) is 5. The molecule has 2 rings (SSSR count). The van der Waals surface area contributed by atoms with Crippen LogP contribution in [0, 0.1) is 5.82 Å². The molecule has 0 fully saturated rings. The van der Waals surface area contributed by atoms with Gasteiger partial charge in [-0.2, -0.15) is 4.72 Å². The van der Waals surface area contributed by atoms with E-state index < -0.39 is 33.8 Å². The van der Waals surface area contributed by atoms with E-state index in [1.54, 1.807) is 6.92 Å². The molecule has 29 heavy (non-hydrogen) atoms. The number of carboxylic acids is 1. The number of nitrogens with one attached hydrogen (secondary N) is 2. The topological polar surface area (TPSA) is 122 Å². The van der Waals surface area contributed by atoms with Crippen molar-refractivity contribution in [3.8, 4) is 5.75 Å². The summed E-state index contributed by atoms with van der Waals surface area (Å²) in [6, 6.07) is 5.32. The van der Waals surface area contributed by atoms with Crippen molar-refractivity contribution in [3.63, 3.8) is 0 Å². The molecule has 0 aliphatic heterocycles. The molecule has 2 aromatic carbocycles. The number of hydrogen-bond donors (Lipinski definition) is 3. The fraction of sp³-hybridized carbons (Fsp3) is 0.222. The van der Waals surface area contributed by atoms with Crippen molar-refractivity contribution in [2.24, 2.45) is 0 Å². The van der Waals surface area contributed by atoms with E-state index in [2.05, 4.69) is 10.0 Å². The molecule has 0 saturated heterocycles. The quantitative estimate of drug-likeness (QED) is 0.575. The molecule has 3 N–H and O–H groups in total. The van der Waals surface area contributed by atoms with Gasteiger partial charge in [0.25, 0.3) is 0 Å². The number of carbonyl (C=O) groups is 2. The Labute approximate surface area is 171 Å². The molecule has 0 aliphatic carbocycles. The maximum atomic E-state index is 13.0. The Kier molecular flexibility index (Phi) is 7.17. The Balaban J connectivity index is 2.24. The van der Waals surface area contributed by atoms with Gasteiger partial charge in [-0.1, -0.05) is 18.5 Å². The van der Waals surface area contributed by atoms with E-state index >= 15 is 0 Å². The van der Waals surface area contributed by atoms with Crippen molar-refractivity contribution in [1.82, 2.24) is 4.72 Å². The number of benzene rings is 2. The van der Waals surface area contributed by atoms with Gasteiger partial charge in [-0.25, -0.2) is 17.6 Å². The van der Waals surface area contributed by atoms with E-state index in [0.29, 0.717) is 0 Å². The SMILES string of the molecule is CCC(NS(=O)(=O)c1ccc(F)cc1)C(=O)Nc1cc(OC)c(C(=O)O)cc1Cl. The molecule has 0 heterocycles. The predicted octanol–water partition coefficient (Wildman–Crippen LogP) is 2.88. The third-order valence-electron chi connectivity index (χ3n) is 3.92. The summed E-state index contributed by atoms with van der Waals surface area (Å²) in [6.45, 7) is 1.59. The average Bonchev–Trinajstić information content (AvgIpc) is 2.67. The number of anilines is 1. The average molecular weight is 445 g/mol. The Bertz CT molecular complexity index is 1030. The van der Waals surface area contributed by atoms with Crippen LogP contribution in [0.15, 0.2) is 41.3 Å². The van der Waals surface area contributed by atoms with Crippen LogP contribution >= 0.6 is 11.6 Å². The normalized spacial score (nSPS) is 12.3. The molecular weight excluding hydrogens is 427 g/mol. The van der Waals surface area contributed by atoms with Gasteiger partial charge in [-0.05, 0) is 36.8 Å². The number of halogens is 2. The van der Waals surface area contributed by atoms with Crippen LogP contribution in [0.5, 0.6) is 5.75 Å². The molecule has 2 aromatic rings. The fourth-order valence-corrected chi connectivity index (χ4v) is 3.89. The van der Waals surface area contributed by atoms with Gasteiger partial charge in [-0.15, -0.1) is 0 Å². The first-order valence-corrected chi connectivity index (χ1v) is 10.1. The fourth-order valence-electron chi connectivity index (χ4n) is 2.40. The molecule has 1 atom stereocenters. The van der Waals surface area contributed by atoms with Crippen molar-refractivity contribution in [3.05, 3.63) is 52.8 Å². The minimum Gasteiger partial charge on any atom is -0.496 e. The summed E-state index contributed by atoms with van der Waals surface area (Å²) in [4.78, 5) is 23.6. The molecule has 11 heteroatoms. The number of carboxylic acid groups (broad SMARTS) is 1. The zero-order valence-electron chi connectivity index (χ0n) is 15.4. The van der Waals surface area contributed by atoms with Crippen LogP contribution in [0.1, 0.15) is 23.7 Å². The van der Waals surface area contributed by atoms with Crippen molar-refractivity contribution < 1.29 is 32.2 Å². The van der Waals surface area contributed by atoms with Crippen LogP contribution in [0.3, 0.4) is 0 Å². The van der Waals surface area contributed by atoms with Crippen LogP contribution in [-0.4, -0.2) is 38.6 Å². The van der Waals surface area contributed by atoms with E-state index in [1.165, 1.54) is 13.2 Å². The van der Waals surface area contributed by atoms with Gasteiger partial charge >= 0.3 is 5.97 Å². The highest BCUT2D eigenvalue weighted by molar-refractivity contribution is 7.89. The van der Waals surface area contributed by atoms with E-state index in [1.807, 2.05) is 0 Å². The molecular formula is C18H18ClFN2O6S. The zero-order valence-corrected chi connectivity index (χ0v) is 17.0. The second-order valence-corrected chi connectivity index (χ2v) is 7.98. The third-order valence-corrected chi connectivity index (χ3v) is 5.72. The highest BCUT2D eigenvalue weighted by Crippen LogP contribution is 2.31. The molecule has 8 nitrogen and oxygen atoms in total. The number of methoxy groups -OCH3 is 1.